The Labute approximate surface area is 272 Å². The molecule has 0 atom stereocenters. The fourth-order valence-electron chi connectivity index (χ4n) is 5.54. The molecule has 0 heterocycles. The summed E-state index contributed by atoms with van der Waals surface area (Å²) in [7, 11) is 2.60. The molecule has 0 aliphatic rings. The highest BCUT2D eigenvalue weighted by atomic mass is 32.2. The zero-order chi connectivity index (χ0) is 31.0. The molecule has 0 bridgehead atoms. The fraction of sp³-hybridized carbons (Fsp3) is 0.0732. The van der Waals surface area contributed by atoms with E-state index >= 15 is 0 Å². The van der Waals surface area contributed by atoms with Crippen LogP contribution in [0.2, 0.25) is 0 Å². The Morgan fingerprint density at radius 3 is 1.71 bits per heavy atom. The number of thioether (sulfide) groups is 1. The first-order valence-corrected chi connectivity index (χ1v) is 17.4. The third-order valence-corrected chi connectivity index (χ3v) is 11.0. The van der Waals surface area contributed by atoms with Crippen LogP contribution in [0.25, 0.3) is 22.8 Å². The molecule has 6 aromatic rings. The van der Waals surface area contributed by atoms with E-state index < -0.39 is 7.92 Å². The summed E-state index contributed by atoms with van der Waals surface area (Å²) in [6.07, 6.45) is 4.42. The van der Waals surface area contributed by atoms with Crippen LogP contribution in [0.3, 0.4) is 0 Å². The lowest BCUT2D eigenvalue weighted by Crippen LogP contribution is -2.22. The average Bonchev–Trinajstić information content (AvgIpc) is 3.12. The Morgan fingerprint density at radius 2 is 1.13 bits per heavy atom. The van der Waals surface area contributed by atoms with E-state index in [0.717, 1.165) is 28.2 Å². The maximum Gasteiger partial charge on any atom is 0.118 e. The lowest BCUT2D eigenvalue weighted by atomic mass is 9.89. The van der Waals surface area contributed by atoms with Gasteiger partial charge < -0.3 is 9.47 Å². The molecule has 0 spiro atoms. The van der Waals surface area contributed by atoms with Gasteiger partial charge in [-0.2, -0.15) is 0 Å². The maximum absolute atomic E-state index is 5.52. The van der Waals surface area contributed by atoms with Crippen LogP contribution in [0, 0.1) is 0 Å². The molecule has 0 N–H and O–H groups in total. The van der Waals surface area contributed by atoms with E-state index in [9.17, 15) is 0 Å². The molecule has 4 heteroatoms. The molecule has 0 amide bonds. The summed E-state index contributed by atoms with van der Waals surface area (Å²) in [6.45, 7) is 0. The van der Waals surface area contributed by atoms with Crippen molar-refractivity contribution < 1.29 is 9.47 Å². The largest absolute Gasteiger partial charge is 0.497 e. The van der Waals surface area contributed by atoms with Crippen LogP contribution in [0.4, 0.5) is 0 Å². The first-order chi connectivity index (χ1) is 22.2. The molecule has 0 saturated heterocycles. The molecular weight excluding hydrogens is 587 g/mol. The minimum atomic E-state index is -0.803. The van der Waals surface area contributed by atoms with Crippen LogP contribution in [-0.2, 0) is 0 Å². The van der Waals surface area contributed by atoms with E-state index in [1.54, 1.807) is 26.0 Å². The molecule has 45 heavy (non-hydrogen) atoms. The van der Waals surface area contributed by atoms with E-state index in [0.29, 0.717) is 0 Å². The maximum atomic E-state index is 5.52. The summed E-state index contributed by atoms with van der Waals surface area (Å²) in [6, 6.07) is 54.3. The van der Waals surface area contributed by atoms with Gasteiger partial charge in [-0.25, -0.2) is 0 Å². The second-order valence-corrected chi connectivity index (χ2v) is 13.6. The molecule has 0 aromatic heterocycles. The summed E-state index contributed by atoms with van der Waals surface area (Å²) >= 11 is 1.76. The lowest BCUT2D eigenvalue weighted by Gasteiger charge is -2.24. The molecule has 222 valence electrons. The first-order valence-electron chi connectivity index (χ1n) is 14.9. The third-order valence-electron chi connectivity index (χ3n) is 7.81. The number of ether oxygens (including phenoxy) is 2. The molecule has 0 unspecified atom stereocenters. The Morgan fingerprint density at radius 1 is 0.578 bits per heavy atom. The molecule has 6 rings (SSSR count). The minimum Gasteiger partial charge on any atom is -0.497 e. The van der Waals surface area contributed by atoms with Gasteiger partial charge in [-0.1, -0.05) is 115 Å². The Hall–Kier alpha value is -4.56. The quantitative estimate of drug-likeness (QED) is 0.0862. The second-order valence-electron chi connectivity index (χ2n) is 10.5. The number of rotatable bonds is 10. The molecule has 0 radical (unpaired) electrons. The third kappa shape index (κ3) is 6.91. The van der Waals surface area contributed by atoms with Gasteiger partial charge in [-0.15, -0.1) is 11.8 Å². The van der Waals surface area contributed by atoms with E-state index in [2.05, 4.69) is 140 Å². The second kappa shape index (κ2) is 14.5. The summed E-state index contributed by atoms with van der Waals surface area (Å²) in [5, 5.41) is 4.00. The fourth-order valence-corrected chi connectivity index (χ4v) is 8.45. The van der Waals surface area contributed by atoms with E-state index in [1.807, 2.05) is 24.3 Å². The minimum absolute atomic E-state index is 0.803. The van der Waals surface area contributed by atoms with Gasteiger partial charge in [-0.05, 0) is 106 Å². The number of hydrogen-bond donors (Lipinski definition) is 0. The van der Waals surface area contributed by atoms with E-state index in [4.69, 9.17) is 9.47 Å². The van der Waals surface area contributed by atoms with Gasteiger partial charge >= 0.3 is 0 Å². The van der Waals surface area contributed by atoms with Crippen LogP contribution in [-0.4, -0.2) is 20.5 Å². The van der Waals surface area contributed by atoms with Crippen molar-refractivity contribution in [3.05, 3.63) is 168 Å². The van der Waals surface area contributed by atoms with Crippen LogP contribution < -0.4 is 25.4 Å². The van der Waals surface area contributed by atoms with Gasteiger partial charge in [0.05, 0.1) is 14.2 Å². The van der Waals surface area contributed by atoms with Crippen molar-refractivity contribution in [1.82, 2.24) is 0 Å². The molecule has 2 nitrogen and oxygen atoms in total. The highest BCUT2D eigenvalue weighted by molar-refractivity contribution is 7.98. The van der Waals surface area contributed by atoms with Crippen LogP contribution in [0.1, 0.15) is 16.7 Å². The molecule has 0 aliphatic heterocycles. The summed E-state index contributed by atoms with van der Waals surface area (Å²) in [5.74, 6) is 1.68. The lowest BCUT2D eigenvalue weighted by molar-refractivity contribution is 0.414. The van der Waals surface area contributed by atoms with Crippen molar-refractivity contribution in [3.63, 3.8) is 0 Å². The van der Waals surface area contributed by atoms with Gasteiger partial charge in [0.15, 0.2) is 0 Å². The van der Waals surface area contributed by atoms with Crippen molar-refractivity contribution in [1.29, 1.82) is 0 Å². The standard InChI is InChI=1S/C41H35O2PS/c1-42-32-22-18-30(19-23-32)28-39(31-20-24-33(43-2)25-21-31)40-29-36(45-3)26-27-37(40)38-16-10-11-17-41(38)44(34-12-6-4-7-13-34)35-14-8-5-9-15-35/h4-29H,1-3H3/b39-28+. The predicted molar refractivity (Wildman–Crippen MR) is 195 cm³/mol. The SMILES string of the molecule is COc1ccc(/C=C(\c2ccc(OC)cc2)c2cc(SC)ccc2-c2ccccc2P(c2ccccc2)c2ccccc2)cc1. The van der Waals surface area contributed by atoms with Gasteiger partial charge in [0.25, 0.3) is 0 Å². The van der Waals surface area contributed by atoms with Gasteiger partial charge in [-0.3, -0.25) is 0 Å². The Kier molecular flexibility index (Phi) is 9.80. The topological polar surface area (TPSA) is 18.5 Å². The average molecular weight is 623 g/mol. The van der Waals surface area contributed by atoms with Crippen LogP contribution in [0.15, 0.2) is 157 Å². The predicted octanol–water partition coefficient (Wildman–Crippen LogP) is 9.44. The normalized spacial score (nSPS) is 11.4. The van der Waals surface area contributed by atoms with Crippen LogP contribution >= 0.6 is 19.7 Å². The van der Waals surface area contributed by atoms with Crippen molar-refractivity contribution in [2.45, 2.75) is 4.90 Å². The molecule has 0 aliphatic carbocycles. The van der Waals surface area contributed by atoms with Crippen molar-refractivity contribution >= 4 is 47.2 Å². The van der Waals surface area contributed by atoms with Gasteiger partial charge in [0, 0.05) is 4.90 Å². The van der Waals surface area contributed by atoms with E-state index in [1.165, 1.54) is 37.5 Å². The highest BCUT2D eigenvalue weighted by Crippen LogP contribution is 2.41. The van der Waals surface area contributed by atoms with Crippen molar-refractivity contribution in [3.8, 4) is 22.6 Å². The zero-order valence-corrected chi connectivity index (χ0v) is 27.4. The molecular formula is C41H35O2PS. The number of methoxy groups -OCH3 is 2. The molecule has 0 saturated carbocycles. The van der Waals surface area contributed by atoms with E-state index in [-0.39, 0.29) is 0 Å². The van der Waals surface area contributed by atoms with Gasteiger partial charge in [0.2, 0.25) is 0 Å². The Bertz CT molecular complexity index is 1840. The smallest absolute Gasteiger partial charge is 0.118 e. The monoisotopic (exact) mass is 622 g/mol. The number of hydrogen-bond acceptors (Lipinski definition) is 3. The van der Waals surface area contributed by atoms with Gasteiger partial charge in [0.1, 0.15) is 11.5 Å². The summed E-state index contributed by atoms with van der Waals surface area (Å²) in [5.41, 5.74) is 7.01. The van der Waals surface area contributed by atoms with Crippen molar-refractivity contribution in [2.75, 3.05) is 20.5 Å². The molecule has 6 aromatic carbocycles. The Balaban J connectivity index is 1.60. The van der Waals surface area contributed by atoms with Crippen molar-refractivity contribution in [2.24, 2.45) is 0 Å². The summed E-state index contributed by atoms with van der Waals surface area (Å²) < 4.78 is 11.0. The summed E-state index contributed by atoms with van der Waals surface area (Å²) in [4.78, 5) is 1.22. The van der Waals surface area contributed by atoms with Crippen LogP contribution in [0.5, 0.6) is 11.5 Å². The zero-order valence-electron chi connectivity index (χ0n) is 25.7. The highest BCUT2D eigenvalue weighted by Gasteiger charge is 2.22. The first kappa shape index (κ1) is 30.5. The molecule has 0 fully saturated rings. The number of benzene rings is 6.